The molecule has 6 rings (SSSR count). The zero-order valence-corrected chi connectivity index (χ0v) is 18.9. The molecule has 0 spiro atoms. The van der Waals surface area contributed by atoms with Gasteiger partial charge in [-0.1, -0.05) is 0 Å². The smallest absolute Gasteiger partial charge is 0.260 e. The number of carbonyl (C=O) groups is 1. The molecule has 1 aromatic carbocycles. The highest BCUT2D eigenvalue weighted by Crippen LogP contribution is 2.39. The van der Waals surface area contributed by atoms with Crippen LogP contribution in [-0.2, 0) is 0 Å². The number of aromatic nitrogens is 6. The number of halogens is 2. The average molecular weight is 486 g/mol. The Morgan fingerprint density at radius 3 is 2.67 bits per heavy atom. The quantitative estimate of drug-likeness (QED) is 0.401. The number of nitrogens with one attached hydrogen (secondary N) is 1. The van der Waals surface area contributed by atoms with Crippen molar-refractivity contribution in [1.82, 2.24) is 29.4 Å². The Labute approximate surface area is 204 Å². The number of rotatable bonds is 5. The van der Waals surface area contributed by atoms with E-state index in [9.17, 15) is 13.6 Å². The van der Waals surface area contributed by atoms with Crippen molar-refractivity contribution in [1.29, 1.82) is 0 Å². The topological polar surface area (TPSA) is 93.2 Å². The average Bonchev–Trinajstić information content (AvgIpc) is 3.65. The number of amides is 1. The first-order chi connectivity index (χ1) is 17.6. The summed E-state index contributed by atoms with van der Waals surface area (Å²) in [6.45, 7) is 0.640. The summed E-state index contributed by atoms with van der Waals surface area (Å²) in [7, 11) is 0. The van der Waals surface area contributed by atoms with Crippen molar-refractivity contribution in [3.05, 3.63) is 96.5 Å². The van der Waals surface area contributed by atoms with Gasteiger partial charge in [-0.15, -0.1) is 0 Å². The zero-order chi connectivity index (χ0) is 24.6. The van der Waals surface area contributed by atoms with Gasteiger partial charge in [0.05, 0.1) is 40.9 Å². The molecule has 5 heterocycles. The zero-order valence-electron chi connectivity index (χ0n) is 18.9. The molecular formula is C25H20F2N8O. The molecule has 1 atom stereocenters. The predicted molar refractivity (Wildman–Crippen MR) is 128 cm³/mol. The Kier molecular flexibility index (Phi) is 5.36. The van der Waals surface area contributed by atoms with E-state index in [0.29, 0.717) is 46.8 Å². The molecule has 1 N–H and O–H groups in total. The lowest BCUT2D eigenvalue weighted by atomic mass is 10.0. The Hall–Kier alpha value is -4.67. The van der Waals surface area contributed by atoms with Crippen molar-refractivity contribution < 1.29 is 13.6 Å². The maximum Gasteiger partial charge on any atom is 0.260 e. The third-order valence-electron chi connectivity index (χ3n) is 6.27. The van der Waals surface area contributed by atoms with Gasteiger partial charge in [0.15, 0.2) is 5.82 Å². The van der Waals surface area contributed by atoms with Gasteiger partial charge in [0, 0.05) is 18.8 Å². The first-order valence-electron chi connectivity index (χ1n) is 11.4. The standard InChI is InChI=1S/C25H20F2N8O/c26-17-10-16(11-18(27)12-17)20-2-1-8-33(20)21-6-9-34-22(5-7-30-34)24(21)25(36)32-19-3-4-23(29-13-19)35-15-28-14-31-35/h3-7,9-15,20H,1-2,8H2,(H,32,36)/t20-/m1/s1. The molecule has 5 aromatic rings. The van der Waals surface area contributed by atoms with E-state index < -0.39 is 11.6 Å². The van der Waals surface area contributed by atoms with E-state index in [1.54, 1.807) is 41.3 Å². The molecule has 1 amide bonds. The molecule has 11 heteroatoms. The molecule has 0 unspecified atom stereocenters. The van der Waals surface area contributed by atoms with E-state index in [0.717, 1.165) is 12.5 Å². The maximum atomic E-state index is 14.0. The second kappa shape index (κ2) is 8.84. The SMILES string of the molecule is O=C(Nc1ccc(-n2cncn2)nc1)c1c(N2CCC[C@@H]2c2cc(F)cc(F)c2)ccn2nccc12. The van der Waals surface area contributed by atoms with Crippen molar-refractivity contribution >= 4 is 22.8 Å². The van der Waals surface area contributed by atoms with E-state index in [1.165, 1.54) is 29.5 Å². The highest BCUT2D eigenvalue weighted by Gasteiger charge is 2.31. The van der Waals surface area contributed by atoms with Gasteiger partial charge in [-0.25, -0.2) is 27.9 Å². The molecule has 36 heavy (non-hydrogen) atoms. The molecular weight excluding hydrogens is 466 g/mol. The fourth-order valence-corrected chi connectivity index (χ4v) is 4.74. The molecule has 0 aliphatic carbocycles. The second-order valence-electron chi connectivity index (χ2n) is 8.49. The molecule has 9 nitrogen and oxygen atoms in total. The van der Waals surface area contributed by atoms with Gasteiger partial charge >= 0.3 is 0 Å². The van der Waals surface area contributed by atoms with E-state index in [1.807, 2.05) is 11.0 Å². The Bertz CT molecular complexity index is 1530. The fraction of sp³-hybridized carbons (Fsp3) is 0.160. The van der Waals surface area contributed by atoms with Crippen LogP contribution in [0, 0.1) is 11.6 Å². The van der Waals surface area contributed by atoms with Crippen molar-refractivity contribution in [2.45, 2.75) is 18.9 Å². The number of carbonyl (C=O) groups excluding carboxylic acids is 1. The van der Waals surface area contributed by atoms with Crippen LogP contribution in [-0.4, -0.2) is 41.8 Å². The molecule has 0 saturated carbocycles. The number of hydrogen-bond acceptors (Lipinski definition) is 6. The van der Waals surface area contributed by atoms with Crippen molar-refractivity contribution in [3.8, 4) is 5.82 Å². The number of nitrogens with zero attached hydrogens (tertiary/aromatic N) is 7. The van der Waals surface area contributed by atoms with Gasteiger partial charge in [0.1, 0.15) is 24.3 Å². The molecule has 0 radical (unpaired) electrons. The Balaban J connectivity index is 1.36. The van der Waals surface area contributed by atoms with Crippen molar-refractivity contribution in [3.63, 3.8) is 0 Å². The number of pyridine rings is 2. The summed E-state index contributed by atoms with van der Waals surface area (Å²) in [5.74, 6) is -1.03. The molecule has 180 valence electrons. The first kappa shape index (κ1) is 21.8. The lowest BCUT2D eigenvalue weighted by molar-refractivity contribution is 0.102. The molecule has 4 aromatic heterocycles. The van der Waals surface area contributed by atoms with Crippen LogP contribution in [0.3, 0.4) is 0 Å². The molecule has 1 aliphatic heterocycles. The minimum absolute atomic E-state index is 0.268. The third kappa shape index (κ3) is 3.94. The number of benzene rings is 1. The Morgan fingerprint density at radius 1 is 1.06 bits per heavy atom. The highest BCUT2D eigenvalue weighted by atomic mass is 19.1. The summed E-state index contributed by atoms with van der Waals surface area (Å²) >= 11 is 0. The minimum Gasteiger partial charge on any atom is -0.364 e. The van der Waals surface area contributed by atoms with Crippen LogP contribution in [0.4, 0.5) is 20.2 Å². The molecule has 0 bridgehead atoms. The van der Waals surface area contributed by atoms with Gasteiger partial charge in [0.2, 0.25) is 0 Å². The summed E-state index contributed by atoms with van der Waals surface area (Å²) in [5.41, 5.74) is 2.74. The van der Waals surface area contributed by atoms with Crippen LogP contribution in [0.1, 0.15) is 34.8 Å². The summed E-state index contributed by atoms with van der Waals surface area (Å²) in [6, 6.07) is 10.3. The van der Waals surface area contributed by atoms with Gasteiger partial charge in [-0.2, -0.15) is 10.2 Å². The van der Waals surface area contributed by atoms with Crippen LogP contribution in [0.15, 0.2) is 73.7 Å². The van der Waals surface area contributed by atoms with Gasteiger partial charge in [0.25, 0.3) is 5.91 Å². The van der Waals surface area contributed by atoms with Crippen LogP contribution in [0.2, 0.25) is 0 Å². The van der Waals surface area contributed by atoms with Gasteiger partial charge in [-0.05, 0) is 54.8 Å². The largest absolute Gasteiger partial charge is 0.364 e. The van der Waals surface area contributed by atoms with Crippen LogP contribution in [0.5, 0.6) is 0 Å². The van der Waals surface area contributed by atoms with Crippen LogP contribution >= 0.6 is 0 Å². The normalized spacial score (nSPS) is 15.5. The summed E-state index contributed by atoms with van der Waals surface area (Å²) in [5, 5.41) is 11.2. The number of fused-ring (bicyclic) bond motifs is 1. The monoisotopic (exact) mass is 486 g/mol. The van der Waals surface area contributed by atoms with E-state index >= 15 is 0 Å². The molecule has 1 aliphatic rings. The van der Waals surface area contributed by atoms with Crippen molar-refractivity contribution in [2.75, 3.05) is 16.8 Å². The van der Waals surface area contributed by atoms with Crippen molar-refractivity contribution in [2.24, 2.45) is 0 Å². The van der Waals surface area contributed by atoms with Crippen LogP contribution in [0.25, 0.3) is 11.3 Å². The summed E-state index contributed by atoms with van der Waals surface area (Å²) < 4.78 is 31.1. The summed E-state index contributed by atoms with van der Waals surface area (Å²) in [4.78, 5) is 23.9. The Morgan fingerprint density at radius 2 is 1.92 bits per heavy atom. The van der Waals surface area contributed by atoms with E-state index in [2.05, 4.69) is 25.5 Å². The molecule has 1 saturated heterocycles. The first-order valence-corrected chi connectivity index (χ1v) is 11.4. The second-order valence-corrected chi connectivity index (χ2v) is 8.49. The summed E-state index contributed by atoms with van der Waals surface area (Å²) in [6.07, 6.45) is 9.41. The molecule has 1 fully saturated rings. The van der Waals surface area contributed by atoms with E-state index in [-0.39, 0.29) is 11.9 Å². The minimum atomic E-state index is -0.622. The highest BCUT2D eigenvalue weighted by molar-refractivity contribution is 6.13. The van der Waals surface area contributed by atoms with Gasteiger partial charge < -0.3 is 10.2 Å². The fourth-order valence-electron chi connectivity index (χ4n) is 4.74. The predicted octanol–water partition coefficient (Wildman–Crippen LogP) is 4.18. The lowest BCUT2D eigenvalue weighted by Crippen LogP contribution is -2.27. The third-order valence-corrected chi connectivity index (χ3v) is 6.27. The van der Waals surface area contributed by atoms with E-state index in [4.69, 9.17) is 0 Å². The number of anilines is 2. The van der Waals surface area contributed by atoms with Gasteiger partial charge in [-0.3, -0.25) is 4.79 Å². The number of hydrogen-bond donors (Lipinski definition) is 1. The maximum absolute atomic E-state index is 14.0. The lowest BCUT2D eigenvalue weighted by Gasteiger charge is -2.29. The van der Waals surface area contributed by atoms with Crippen LogP contribution < -0.4 is 10.2 Å².